The lowest BCUT2D eigenvalue weighted by Crippen LogP contribution is -2.32. The molecule has 1 amide bonds. The summed E-state index contributed by atoms with van der Waals surface area (Å²) in [6, 6.07) is 7.54. The zero-order chi connectivity index (χ0) is 14.8. The van der Waals surface area contributed by atoms with Crippen LogP contribution in [-0.2, 0) is 4.79 Å². The number of rotatable bonds is 7. The first-order chi connectivity index (χ1) is 9.61. The normalized spacial score (nSPS) is 9.90. The van der Waals surface area contributed by atoms with Gasteiger partial charge in [0.25, 0.3) is 0 Å². The summed E-state index contributed by atoms with van der Waals surface area (Å²) in [7, 11) is 0. The Morgan fingerprint density at radius 3 is 2.80 bits per heavy atom. The van der Waals surface area contributed by atoms with Gasteiger partial charge in [0, 0.05) is 18.7 Å². The van der Waals surface area contributed by atoms with Gasteiger partial charge in [-0.1, -0.05) is 32.3 Å². The number of ether oxygens (including phenoxy) is 1. The van der Waals surface area contributed by atoms with E-state index in [4.69, 9.17) is 17.0 Å². The van der Waals surface area contributed by atoms with Gasteiger partial charge in [-0.05, 0) is 30.8 Å². The summed E-state index contributed by atoms with van der Waals surface area (Å²) >= 11 is 5.01. The predicted molar refractivity (Wildman–Crippen MR) is 86.1 cm³/mol. The molecule has 0 aliphatic heterocycles. The number of anilines is 1. The smallest absolute Gasteiger partial charge is 0.222 e. The molecule has 0 fully saturated rings. The van der Waals surface area contributed by atoms with Crippen molar-refractivity contribution in [1.29, 1.82) is 0 Å². The van der Waals surface area contributed by atoms with Crippen molar-refractivity contribution in [3.05, 3.63) is 24.3 Å². The number of amides is 1. The van der Waals surface area contributed by atoms with Gasteiger partial charge in [0.1, 0.15) is 5.75 Å². The second-order valence-electron chi connectivity index (χ2n) is 4.57. The molecule has 1 rings (SSSR count). The molecule has 5 heteroatoms. The van der Waals surface area contributed by atoms with Crippen molar-refractivity contribution in [2.75, 3.05) is 11.9 Å². The molecule has 4 nitrogen and oxygen atoms in total. The maximum atomic E-state index is 10.9. The van der Waals surface area contributed by atoms with Crippen LogP contribution < -0.4 is 15.4 Å². The monoisotopic (exact) mass is 294 g/mol. The van der Waals surface area contributed by atoms with Gasteiger partial charge in [-0.25, -0.2) is 0 Å². The first-order valence-corrected chi connectivity index (χ1v) is 7.34. The summed E-state index contributed by atoms with van der Waals surface area (Å²) in [5.41, 5.74) is 0.801. The maximum Gasteiger partial charge on any atom is 0.222 e. The number of benzene rings is 1. The fraction of sp³-hybridized carbons (Fsp3) is 0.467. The van der Waals surface area contributed by atoms with E-state index in [9.17, 15) is 4.79 Å². The number of carbonyl (C=O) groups is 1. The van der Waals surface area contributed by atoms with E-state index in [-0.39, 0.29) is 11.0 Å². The van der Waals surface area contributed by atoms with Crippen molar-refractivity contribution in [2.45, 2.75) is 39.5 Å². The Bertz CT molecular complexity index is 449. The molecule has 0 heterocycles. The van der Waals surface area contributed by atoms with Crippen molar-refractivity contribution in [3.8, 4) is 5.75 Å². The SMILES string of the molecule is CCCCCCOc1cccc(NC(=S)NC(C)=O)c1. The van der Waals surface area contributed by atoms with Crippen molar-refractivity contribution in [2.24, 2.45) is 0 Å². The third-order valence-electron chi connectivity index (χ3n) is 2.65. The second kappa shape index (κ2) is 9.31. The Balaban J connectivity index is 2.41. The quantitative estimate of drug-likeness (QED) is 0.597. The minimum Gasteiger partial charge on any atom is -0.494 e. The van der Waals surface area contributed by atoms with Crippen molar-refractivity contribution in [1.82, 2.24) is 5.32 Å². The zero-order valence-electron chi connectivity index (χ0n) is 12.1. The Morgan fingerprint density at radius 2 is 2.10 bits per heavy atom. The molecule has 1 aromatic carbocycles. The standard InChI is InChI=1S/C15H22N2O2S/c1-3-4-5-6-10-19-14-9-7-8-13(11-14)17-15(20)16-12(2)18/h7-9,11H,3-6,10H2,1-2H3,(H2,16,17,18,20). The highest BCUT2D eigenvalue weighted by atomic mass is 32.1. The van der Waals surface area contributed by atoms with Gasteiger partial charge in [-0.15, -0.1) is 0 Å². The number of thiocarbonyl (C=S) groups is 1. The number of hydrogen-bond donors (Lipinski definition) is 2. The Labute approximate surface area is 125 Å². The van der Waals surface area contributed by atoms with Gasteiger partial charge >= 0.3 is 0 Å². The molecule has 0 saturated heterocycles. The Kier molecular flexibility index (Phi) is 7.65. The van der Waals surface area contributed by atoms with Gasteiger partial charge in [-0.2, -0.15) is 0 Å². The average molecular weight is 294 g/mol. The third-order valence-corrected chi connectivity index (χ3v) is 2.85. The van der Waals surface area contributed by atoms with Crippen LogP contribution in [-0.4, -0.2) is 17.6 Å². The van der Waals surface area contributed by atoms with Crippen LogP contribution in [0.2, 0.25) is 0 Å². The molecule has 0 aliphatic rings. The first-order valence-electron chi connectivity index (χ1n) is 6.93. The molecule has 1 aromatic rings. The van der Waals surface area contributed by atoms with Crippen LogP contribution in [0.5, 0.6) is 5.75 Å². The number of hydrogen-bond acceptors (Lipinski definition) is 3. The van der Waals surface area contributed by atoms with Gasteiger partial charge in [-0.3, -0.25) is 4.79 Å². The van der Waals surface area contributed by atoms with E-state index in [2.05, 4.69) is 17.6 Å². The number of carbonyl (C=O) groups excluding carboxylic acids is 1. The van der Waals surface area contributed by atoms with Crippen molar-refractivity contribution < 1.29 is 9.53 Å². The molecule has 2 N–H and O–H groups in total. The van der Waals surface area contributed by atoms with Crippen LogP contribution in [0.4, 0.5) is 5.69 Å². The molecular weight excluding hydrogens is 272 g/mol. The molecule has 0 unspecified atom stereocenters. The Hall–Kier alpha value is -1.62. The summed E-state index contributed by atoms with van der Waals surface area (Å²) in [5, 5.41) is 5.75. The summed E-state index contributed by atoms with van der Waals surface area (Å²) in [5.74, 6) is 0.614. The van der Waals surface area contributed by atoms with E-state index in [0.29, 0.717) is 0 Å². The molecule has 0 radical (unpaired) electrons. The molecule has 0 spiro atoms. The molecule has 20 heavy (non-hydrogen) atoms. The minimum atomic E-state index is -0.189. The summed E-state index contributed by atoms with van der Waals surface area (Å²) in [6.45, 7) is 4.33. The number of nitrogens with one attached hydrogen (secondary N) is 2. The van der Waals surface area contributed by atoms with Crippen molar-refractivity contribution >= 4 is 28.9 Å². The average Bonchev–Trinajstić information content (AvgIpc) is 2.38. The van der Waals surface area contributed by atoms with Crippen LogP contribution in [0.15, 0.2) is 24.3 Å². The molecule has 0 atom stereocenters. The van der Waals surface area contributed by atoms with Crippen LogP contribution in [0.25, 0.3) is 0 Å². The maximum absolute atomic E-state index is 10.9. The van der Waals surface area contributed by atoms with Crippen LogP contribution in [0.1, 0.15) is 39.5 Å². The second-order valence-corrected chi connectivity index (χ2v) is 4.98. The lowest BCUT2D eigenvalue weighted by Gasteiger charge is -2.10. The highest BCUT2D eigenvalue weighted by molar-refractivity contribution is 7.80. The third kappa shape index (κ3) is 7.09. The largest absolute Gasteiger partial charge is 0.494 e. The number of unbranched alkanes of at least 4 members (excludes halogenated alkanes) is 3. The lowest BCUT2D eigenvalue weighted by atomic mass is 10.2. The topological polar surface area (TPSA) is 50.4 Å². The van der Waals surface area contributed by atoms with Gasteiger partial charge in [0.05, 0.1) is 6.61 Å². The van der Waals surface area contributed by atoms with E-state index >= 15 is 0 Å². The summed E-state index contributed by atoms with van der Waals surface area (Å²) in [4.78, 5) is 10.9. The molecule has 0 aliphatic carbocycles. The van der Waals surface area contributed by atoms with Gasteiger partial charge in [0.2, 0.25) is 5.91 Å². The summed E-state index contributed by atoms with van der Waals surface area (Å²) < 4.78 is 5.69. The van der Waals surface area contributed by atoms with Gasteiger partial charge < -0.3 is 15.4 Å². The highest BCUT2D eigenvalue weighted by Crippen LogP contribution is 2.17. The van der Waals surface area contributed by atoms with E-state index in [1.165, 1.54) is 26.2 Å². The fourth-order valence-corrected chi connectivity index (χ4v) is 1.97. The summed E-state index contributed by atoms with van der Waals surface area (Å²) in [6.07, 6.45) is 4.73. The zero-order valence-corrected chi connectivity index (χ0v) is 12.9. The van der Waals surface area contributed by atoms with E-state index in [0.717, 1.165) is 24.5 Å². The van der Waals surface area contributed by atoms with Crippen LogP contribution >= 0.6 is 12.2 Å². The Morgan fingerprint density at radius 1 is 1.30 bits per heavy atom. The first kappa shape index (κ1) is 16.4. The lowest BCUT2D eigenvalue weighted by molar-refractivity contribution is -0.117. The van der Waals surface area contributed by atoms with Gasteiger partial charge in [0.15, 0.2) is 5.11 Å². The molecule has 110 valence electrons. The fourth-order valence-electron chi connectivity index (χ4n) is 1.70. The molecule has 0 saturated carbocycles. The van der Waals surface area contributed by atoms with Crippen LogP contribution in [0, 0.1) is 0 Å². The molecular formula is C15H22N2O2S. The van der Waals surface area contributed by atoms with E-state index in [1.54, 1.807) is 0 Å². The van der Waals surface area contributed by atoms with Crippen LogP contribution in [0.3, 0.4) is 0 Å². The predicted octanol–water partition coefficient (Wildman–Crippen LogP) is 3.48. The highest BCUT2D eigenvalue weighted by Gasteiger charge is 2.01. The van der Waals surface area contributed by atoms with E-state index in [1.807, 2.05) is 24.3 Å². The molecule has 0 aromatic heterocycles. The van der Waals surface area contributed by atoms with E-state index < -0.39 is 0 Å². The van der Waals surface area contributed by atoms with Crippen molar-refractivity contribution in [3.63, 3.8) is 0 Å². The molecule has 0 bridgehead atoms. The minimum absolute atomic E-state index is 0.189.